The number of aromatic amines is 2. The summed E-state index contributed by atoms with van der Waals surface area (Å²) in [5, 5.41) is 51.3. The molecule has 2 aliphatic rings. The average molecular weight is 1000 g/mol. The number of phosphoric acid groups is 2. The van der Waals surface area contributed by atoms with Gasteiger partial charge in [0.05, 0.1) is 38.8 Å². The van der Waals surface area contributed by atoms with E-state index < -0.39 is 124 Å². The number of aryl methyl sites for hydroxylation is 2. The van der Waals surface area contributed by atoms with Crippen LogP contribution in [-0.4, -0.2) is 132 Å². The van der Waals surface area contributed by atoms with Crippen LogP contribution in [0.15, 0.2) is 28.4 Å². The maximum Gasteiger partial charge on any atom is 0.313 e. The number of hydrogen-bond donors (Lipinski definition) is 9. The molecule has 0 spiro atoms. The number of fused-ring (bicyclic) bond motifs is 2. The van der Waals surface area contributed by atoms with Crippen molar-refractivity contribution >= 4 is 65.2 Å². The molecule has 0 radical (unpaired) electrons. The van der Waals surface area contributed by atoms with Gasteiger partial charge in [-0.15, -0.1) is 5.10 Å². The number of hydrogen-bond acceptors (Lipinski definition) is 27. The molecule has 2 saturated heterocycles. The summed E-state index contributed by atoms with van der Waals surface area (Å²) in [6, 6.07) is 0. The van der Waals surface area contributed by atoms with Crippen LogP contribution in [0.5, 0.6) is 0 Å². The first-order valence-corrected chi connectivity index (χ1v) is 24.6. The van der Waals surface area contributed by atoms with Crippen molar-refractivity contribution in [2.75, 3.05) is 37.4 Å². The lowest BCUT2D eigenvalue weighted by Gasteiger charge is -2.32. The molecule has 0 saturated carbocycles. The number of rotatable bonds is 19. The summed E-state index contributed by atoms with van der Waals surface area (Å²) < 4.78 is 83.1. The number of H-pyrrole nitrogens is 2. The Morgan fingerprint density at radius 1 is 0.892 bits per heavy atom. The summed E-state index contributed by atoms with van der Waals surface area (Å²) in [7, 11) is -20.5. The Balaban J connectivity index is 0.838. The first-order valence-electron chi connectivity index (χ1n) is 18.4. The van der Waals surface area contributed by atoms with Crippen LogP contribution in [0.1, 0.15) is 18.1 Å². The molecule has 65 heavy (non-hydrogen) atoms. The van der Waals surface area contributed by atoms with Gasteiger partial charge < -0.3 is 74.6 Å². The van der Waals surface area contributed by atoms with Crippen molar-refractivity contribution in [1.29, 1.82) is 0 Å². The summed E-state index contributed by atoms with van der Waals surface area (Å²) >= 11 is 0. The van der Waals surface area contributed by atoms with Gasteiger partial charge in [0.1, 0.15) is 44.2 Å². The van der Waals surface area contributed by atoms with E-state index in [0.29, 0.717) is 0 Å². The van der Waals surface area contributed by atoms with Crippen molar-refractivity contribution in [3.8, 4) is 0 Å². The molecule has 12 atom stereocenters. The van der Waals surface area contributed by atoms with E-state index in [1.807, 2.05) is 5.09 Å². The highest BCUT2D eigenvalue weighted by Gasteiger charge is 2.48. The molecule has 0 aromatic carbocycles. The largest absolute Gasteiger partial charge is 0.778 e. The molecule has 7 heterocycles. The van der Waals surface area contributed by atoms with Crippen LogP contribution in [0.4, 0.5) is 11.9 Å². The second-order valence-electron chi connectivity index (χ2n) is 14.2. The Kier molecular flexibility index (Phi) is 13.8. The van der Waals surface area contributed by atoms with Crippen LogP contribution in [0, 0.1) is 0 Å². The molecule has 2 aliphatic heterocycles. The highest BCUT2D eigenvalue weighted by atomic mass is 31.3. The van der Waals surface area contributed by atoms with Gasteiger partial charge in [0.15, 0.2) is 23.7 Å². The van der Waals surface area contributed by atoms with Crippen molar-refractivity contribution < 1.29 is 90.0 Å². The quantitative estimate of drug-likeness (QED) is 0.0274. The first kappa shape index (κ1) is 48.7. The van der Waals surface area contributed by atoms with Crippen LogP contribution in [0.2, 0.25) is 0 Å². The van der Waals surface area contributed by atoms with Gasteiger partial charge in [-0.2, -0.15) is 4.98 Å². The average Bonchev–Trinajstić information content (AvgIpc) is 4.01. The van der Waals surface area contributed by atoms with Crippen molar-refractivity contribution in [2.45, 2.75) is 62.0 Å². The molecule has 358 valence electrons. The van der Waals surface area contributed by atoms with Crippen molar-refractivity contribution in [3.05, 3.63) is 45.3 Å². The number of aliphatic hydroxyl groups is 4. The van der Waals surface area contributed by atoms with E-state index in [2.05, 4.69) is 52.9 Å². The molecule has 5 aromatic heterocycles. The number of ether oxygens (including phenoxy) is 2. The monoisotopic (exact) mass is 1000 g/mol. The number of nitrogens with two attached hydrogens (primary N) is 2. The second kappa shape index (κ2) is 18.4. The van der Waals surface area contributed by atoms with Crippen molar-refractivity contribution in [2.24, 2.45) is 7.05 Å². The minimum atomic E-state index is -5.68. The molecule has 7 rings (SSSR count). The van der Waals surface area contributed by atoms with Gasteiger partial charge in [-0.25, -0.2) is 9.55 Å². The fourth-order valence-corrected chi connectivity index (χ4v) is 11.4. The molecule has 2 fully saturated rings. The van der Waals surface area contributed by atoms with Crippen LogP contribution in [0.3, 0.4) is 0 Å². The number of nitrogen functional groups attached to an aromatic ring is 2. The minimum absolute atomic E-state index is 0.0219. The lowest BCUT2D eigenvalue weighted by Crippen LogP contribution is -2.46. The normalized spacial score (nSPS) is 27.5. The van der Waals surface area contributed by atoms with Crippen LogP contribution in [0.25, 0.3) is 22.3 Å². The van der Waals surface area contributed by atoms with Gasteiger partial charge >= 0.3 is 5.65 Å². The number of phosphoric ester groups is 2. The van der Waals surface area contributed by atoms with E-state index in [4.69, 9.17) is 20.9 Å². The molecular weight excluding hydrogens is 964 g/mol. The van der Waals surface area contributed by atoms with E-state index in [1.54, 1.807) is 0 Å². The Morgan fingerprint density at radius 3 is 2.23 bits per heavy atom. The van der Waals surface area contributed by atoms with E-state index in [0.717, 1.165) is 26.3 Å². The number of imidazole rings is 2. The van der Waals surface area contributed by atoms with Gasteiger partial charge in [-0.3, -0.25) is 60.8 Å². The highest BCUT2D eigenvalue weighted by Crippen LogP contribution is 2.55. The molecule has 11 N–H and O–H groups in total. The van der Waals surface area contributed by atoms with Crippen molar-refractivity contribution in [3.63, 3.8) is 0 Å². The summed E-state index contributed by atoms with van der Waals surface area (Å²) in [5.41, 5.74) is 9.44. The lowest BCUT2D eigenvalue weighted by molar-refractivity contribution is -0.745. The lowest BCUT2D eigenvalue weighted by atomic mass is 10.1. The Morgan fingerprint density at radius 2 is 1.52 bits per heavy atom. The third-order valence-electron chi connectivity index (χ3n) is 9.56. The fraction of sp³-hybridized carbons (Fsp3) is 0.556. The maximum atomic E-state index is 12.5. The third-order valence-corrected chi connectivity index (χ3v) is 15.3. The van der Waals surface area contributed by atoms with Crippen LogP contribution < -0.4 is 51.8 Å². The predicted molar refractivity (Wildman–Crippen MR) is 201 cm³/mol. The zero-order chi connectivity index (χ0) is 47.4. The Labute approximate surface area is 360 Å². The zero-order valence-electron chi connectivity index (χ0n) is 32.9. The van der Waals surface area contributed by atoms with Gasteiger partial charge in [-0.1, -0.05) is 10.2 Å². The summed E-state index contributed by atoms with van der Waals surface area (Å²) in [6.07, 6.45) is -11.0. The number of anilines is 2. The van der Waals surface area contributed by atoms with Crippen molar-refractivity contribution in [1.82, 2.24) is 54.1 Å². The van der Waals surface area contributed by atoms with Gasteiger partial charge in [0, 0.05) is 25.3 Å². The second-order valence-corrected chi connectivity index (χ2v) is 20.8. The van der Waals surface area contributed by atoms with E-state index in [-0.39, 0.29) is 46.5 Å². The Hall–Kier alpha value is -4.24. The Bertz CT molecular complexity index is 2890. The molecule has 38 heteroatoms. The van der Waals surface area contributed by atoms with Crippen LogP contribution >= 0.6 is 31.0 Å². The topological polar surface area (TPSA) is 510 Å². The smallest absolute Gasteiger partial charge is 0.313 e. The summed E-state index contributed by atoms with van der Waals surface area (Å²) in [5.74, 6) is -0.570. The highest BCUT2D eigenvalue weighted by molar-refractivity contribution is 7.62. The molecule has 0 aliphatic carbocycles. The molecule has 5 aromatic rings. The number of aliphatic hydroxyl groups excluding tert-OH is 4. The number of nitrogens with zero attached hydrogens (tertiary/aromatic N) is 9. The van der Waals surface area contributed by atoms with Gasteiger partial charge in [0.25, 0.3) is 32.7 Å². The maximum absolute atomic E-state index is 12.5. The number of aromatic nitrogens is 11. The van der Waals surface area contributed by atoms with E-state index >= 15 is 0 Å². The van der Waals surface area contributed by atoms with Gasteiger partial charge in [-0.05, 0) is 0 Å². The van der Waals surface area contributed by atoms with E-state index in [1.165, 1.54) is 17.9 Å². The minimum Gasteiger partial charge on any atom is -0.778 e. The van der Waals surface area contributed by atoms with E-state index in [9.17, 15) is 67.8 Å². The summed E-state index contributed by atoms with van der Waals surface area (Å²) in [4.78, 5) is 90.5. The molecule has 6 unspecified atom stereocenters. The molecular formula is C27H37N14O20P4-3. The fourth-order valence-electron chi connectivity index (χ4n) is 6.62. The van der Waals surface area contributed by atoms with Crippen LogP contribution in [-0.2, 0) is 65.4 Å². The third kappa shape index (κ3) is 11.0. The first-order chi connectivity index (χ1) is 30.3. The SMILES string of the molecule is Cn1c[n+]([C@@H]2O[C@H](COP(=O)([O-])OP(=O)([O-])NCCn3cc(CCP(=O)([O-])OP(=O)([O-])OC[C@H]4O[C@@H](n5cnc6c(=O)[nH]c(N)nc65)[C@@H](O)C4O)nn3)C(O)[C@@H]2O)c2nc(N)[nH]c(=O)c21. The van der Waals surface area contributed by atoms with Gasteiger partial charge in [0.2, 0.25) is 25.4 Å². The number of nitrogens with one attached hydrogen (secondary N) is 3. The molecule has 34 nitrogen and oxygen atoms in total. The molecule has 0 bridgehead atoms. The predicted octanol–water partition coefficient (Wildman–Crippen LogP) is -7.47. The summed E-state index contributed by atoms with van der Waals surface area (Å²) in [6.45, 7) is -2.95. The zero-order valence-corrected chi connectivity index (χ0v) is 36.5. The molecule has 0 amide bonds. The standard InChI is InChI=1S/C27H40N14O20P4/c1-38-10-41(21-15(38)23(47)35-27(29)33-21)25-19(45)17(43)13(59-25)8-57-65(54,55)61-63(50,51)31-3-4-39-6-11(36-37-39)2-5-62(48,49)60-64(52,53)56-7-12-16(42)18(44)24(58-12)40-9-30-14-20(40)32-26(28)34-22(14)46/h6,9-10,12-13,16-19,24-25,42-45H,2-5,7-8H2,1H3,(H10-,28,29,31,32,33,34,35,46,47,48,49,50,51,52,53,54,55)/p-3/t12-,13-,16?,17?,18+,19+,24-,25-/m1/s1.